The number of esters is 1. The number of aromatic nitrogens is 1. The molecule has 1 aromatic heterocycles. The summed E-state index contributed by atoms with van der Waals surface area (Å²) in [6.45, 7) is 0. The van der Waals surface area contributed by atoms with E-state index in [1.165, 1.54) is 18.3 Å². The summed E-state index contributed by atoms with van der Waals surface area (Å²) in [6.07, 6.45) is 1.35. The molecule has 0 aliphatic carbocycles. The van der Waals surface area contributed by atoms with Gasteiger partial charge in [-0.05, 0) is 18.2 Å². The number of halogens is 2. The lowest BCUT2D eigenvalue weighted by Crippen LogP contribution is -2.09. The Morgan fingerprint density at radius 3 is 2.82 bits per heavy atom. The third-order valence-corrected chi connectivity index (χ3v) is 2.34. The Balaban J connectivity index is 2.14. The van der Waals surface area contributed by atoms with Crippen molar-refractivity contribution in [3.63, 3.8) is 0 Å². The number of ether oxygens (including phenoxy) is 1. The van der Waals surface area contributed by atoms with Gasteiger partial charge in [-0.2, -0.15) is 0 Å². The molecule has 5 heteroatoms. The summed E-state index contributed by atoms with van der Waals surface area (Å²) in [5.74, 6) is -0.393. The second-order valence-electron chi connectivity index (χ2n) is 3.13. The molecular weight excluding hydrogens is 261 g/mol. The van der Waals surface area contributed by atoms with Crippen molar-refractivity contribution in [2.24, 2.45) is 0 Å². The normalized spacial score (nSPS) is 10.0. The summed E-state index contributed by atoms with van der Waals surface area (Å²) in [7, 11) is 0. The fraction of sp³-hybridized carbons (Fsp3) is 0. The van der Waals surface area contributed by atoms with Gasteiger partial charge in [-0.1, -0.05) is 29.3 Å². The highest BCUT2D eigenvalue weighted by Crippen LogP contribution is 2.15. The molecule has 0 amide bonds. The van der Waals surface area contributed by atoms with Crippen LogP contribution in [0.25, 0.3) is 0 Å². The first-order valence-electron chi connectivity index (χ1n) is 4.66. The minimum Gasteiger partial charge on any atom is -0.404 e. The molecule has 0 saturated carbocycles. The van der Waals surface area contributed by atoms with Crippen molar-refractivity contribution >= 4 is 29.2 Å². The van der Waals surface area contributed by atoms with Crippen molar-refractivity contribution in [1.29, 1.82) is 0 Å². The first-order chi connectivity index (χ1) is 8.15. The smallest absolute Gasteiger partial charge is 0.344 e. The van der Waals surface area contributed by atoms with Crippen LogP contribution in [0.1, 0.15) is 10.4 Å². The lowest BCUT2D eigenvalue weighted by Gasteiger charge is -2.03. The molecule has 0 fully saturated rings. The van der Waals surface area contributed by atoms with Crippen molar-refractivity contribution in [3.8, 4) is 5.88 Å². The summed E-state index contributed by atoms with van der Waals surface area (Å²) < 4.78 is 5.01. The predicted molar refractivity (Wildman–Crippen MR) is 64.5 cm³/mol. The zero-order valence-electron chi connectivity index (χ0n) is 8.48. The summed E-state index contributed by atoms with van der Waals surface area (Å²) >= 11 is 11.4. The minimum atomic E-state index is -0.532. The van der Waals surface area contributed by atoms with Gasteiger partial charge in [0.05, 0.1) is 16.8 Å². The first-order valence-corrected chi connectivity index (χ1v) is 5.42. The summed E-state index contributed by atoms with van der Waals surface area (Å²) in [6, 6.07) is 10.5. The number of hydrogen-bond donors (Lipinski definition) is 0. The third-order valence-electron chi connectivity index (χ3n) is 1.90. The number of benzene rings is 1. The molecule has 2 aromatic rings. The second kappa shape index (κ2) is 5.17. The molecule has 2 rings (SSSR count). The van der Waals surface area contributed by atoms with Crippen LogP contribution in [-0.2, 0) is 0 Å². The van der Waals surface area contributed by atoms with Crippen LogP contribution in [0.3, 0.4) is 0 Å². The fourth-order valence-electron chi connectivity index (χ4n) is 1.15. The molecule has 1 heterocycles. The number of hydrogen-bond acceptors (Lipinski definition) is 3. The molecule has 0 aliphatic heterocycles. The summed E-state index contributed by atoms with van der Waals surface area (Å²) in [5, 5.41) is 0.822. The highest BCUT2D eigenvalue weighted by Gasteiger charge is 2.09. The molecule has 0 saturated heterocycles. The van der Waals surface area contributed by atoms with E-state index in [0.717, 1.165) is 0 Å². The first kappa shape index (κ1) is 11.9. The molecule has 0 N–H and O–H groups in total. The van der Waals surface area contributed by atoms with Crippen molar-refractivity contribution < 1.29 is 9.53 Å². The molecule has 17 heavy (non-hydrogen) atoms. The molecular formula is C12H6Cl2NO2. The van der Waals surface area contributed by atoms with E-state index in [-0.39, 0.29) is 5.88 Å². The van der Waals surface area contributed by atoms with Crippen molar-refractivity contribution in [3.05, 3.63) is 58.2 Å². The van der Waals surface area contributed by atoms with E-state index >= 15 is 0 Å². The highest BCUT2D eigenvalue weighted by molar-refractivity contribution is 6.31. The molecule has 1 aromatic carbocycles. The fourth-order valence-corrected chi connectivity index (χ4v) is 1.44. The zero-order valence-corrected chi connectivity index (χ0v) is 10.00. The van der Waals surface area contributed by atoms with Gasteiger partial charge in [0.15, 0.2) is 0 Å². The van der Waals surface area contributed by atoms with Gasteiger partial charge in [0.2, 0.25) is 5.88 Å². The molecule has 0 bridgehead atoms. The van der Waals surface area contributed by atoms with Gasteiger partial charge in [-0.25, -0.2) is 9.78 Å². The van der Waals surface area contributed by atoms with Gasteiger partial charge in [0.1, 0.15) is 0 Å². The Hall–Kier alpha value is -1.58. The maximum absolute atomic E-state index is 11.7. The number of nitrogens with zero attached hydrogens (tertiary/aromatic N) is 1. The molecule has 0 spiro atoms. The maximum Gasteiger partial charge on any atom is 0.344 e. The minimum absolute atomic E-state index is 0.138. The molecule has 1 radical (unpaired) electrons. The van der Waals surface area contributed by atoms with Crippen molar-refractivity contribution in [2.45, 2.75) is 0 Å². The Labute approximate surface area is 108 Å². The van der Waals surface area contributed by atoms with Gasteiger partial charge in [0.25, 0.3) is 0 Å². The van der Waals surface area contributed by atoms with Crippen LogP contribution in [0.5, 0.6) is 5.88 Å². The lowest BCUT2D eigenvalue weighted by atomic mass is 10.2. The van der Waals surface area contributed by atoms with Gasteiger partial charge >= 0.3 is 5.97 Å². The quantitative estimate of drug-likeness (QED) is 0.783. The van der Waals surface area contributed by atoms with Gasteiger partial charge < -0.3 is 4.74 Å². The number of carbonyl (C=O) groups is 1. The molecule has 85 valence electrons. The van der Waals surface area contributed by atoms with E-state index in [9.17, 15) is 4.79 Å². The lowest BCUT2D eigenvalue weighted by molar-refractivity contribution is 0.0727. The zero-order chi connectivity index (χ0) is 12.3. The van der Waals surface area contributed by atoms with Crippen LogP contribution in [0, 0.1) is 6.07 Å². The van der Waals surface area contributed by atoms with Crippen LogP contribution < -0.4 is 4.74 Å². The van der Waals surface area contributed by atoms with Gasteiger partial charge in [-0.15, -0.1) is 0 Å². The third kappa shape index (κ3) is 3.19. The summed E-state index contributed by atoms with van der Waals surface area (Å²) in [5.41, 5.74) is 0.356. The van der Waals surface area contributed by atoms with E-state index in [0.29, 0.717) is 15.6 Å². The topological polar surface area (TPSA) is 39.2 Å². The highest BCUT2D eigenvalue weighted by atomic mass is 35.5. The molecule has 0 aliphatic rings. The molecule has 0 unspecified atom stereocenters. The number of carbonyl (C=O) groups excluding carboxylic acids is 1. The van der Waals surface area contributed by atoms with Crippen LogP contribution >= 0.6 is 23.2 Å². The van der Waals surface area contributed by atoms with E-state index < -0.39 is 5.97 Å². The predicted octanol–water partition coefficient (Wildman–Crippen LogP) is 3.41. The maximum atomic E-state index is 11.7. The van der Waals surface area contributed by atoms with Gasteiger partial charge in [0, 0.05) is 17.2 Å². The molecule has 0 atom stereocenters. The molecule has 3 nitrogen and oxygen atoms in total. The average molecular weight is 267 g/mol. The van der Waals surface area contributed by atoms with Crippen molar-refractivity contribution in [2.75, 3.05) is 0 Å². The summed E-state index contributed by atoms with van der Waals surface area (Å²) in [4.78, 5) is 15.5. The monoisotopic (exact) mass is 266 g/mol. The Morgan fingerprint density at radius 2 is 2.18 bits per heavy atom. The number of pyridine rings is 1. The van der Waals surface area contributed by atoms with Crippen LogP contribution in [-0.4, -0.2) is 11.0 Å². The van der Waals surface area contributed by atoms with E-state index in [4.69, 9.17) is 27.9 Å². The van der Waals surface area contributed by atoms with Crippen LogP contribution in [0.15, 0.2) is 36.5 Å². The second-order valence-corrected chi connectivity index (χ2v) is 3.98. The SMILES string of the molecule is O=C(Oc1c[c]c(Cl)cn1)c1cccc(Cl)c1. The van der Waals surface area contributed by atoms with E-state index in [1.807, 2.05) is 0 Å². The van der Waals surface area contributed by atoms with Crippen LogP contribution in [0.2, 0.25) is 10.0 Å². The average Bonchev–Trinajstić information content (AvgIpc) is 2.32. The standard InChI is InChI=1S/C12H6Cl2NO2/c13-9-3-1-2-8(6-9)12(16)17-11-5-4-10(14)7-15-11/h1-3,5-7H. The van der Waals surface area contributed by atoms with Crippen molar-refractivity contribution in [1.82, 2.24) is 4.98 Å². The Bertz CT molecular complexity index is 540. The van der Waals surface area contributed by atoms with Gasteiger partial charge in [-0.3, -0.25) is 0 Å². The van der Waals surface area contributed by atoms with E-state index in [2.05, 4.69) is 11.1 Å². The van der Waals surface area contributed by atoms with Crippen LogP contribution in [0.4, 0.5) is 0 Å². The van der Waals surface area contributed by atoms with E-state index in [1.54, 1.807) is 18.2 Å². The largest absolute Gasteiger partial charge is 0.404 e. The number of rotatable bonds is 2. The Kier molecular flexibility index (Phi) is 3.61. The Morgan fingerprint density at radius 1 is 1.35 bits per heavy atom.